The van der Waals surface area contributed by atoms with Crippen LogP contribution in [-0.4, -0.2) is 26.2 Å². The molecule has 0 saturated heterocycles. The minimum atomic E-state index is -0.120. The second kappa shape index (κ2) is 7.87. The molecule has 2 aromatic carbocycles. The number of nitrogens with zero attached hydrogens (tertiary/aromatic N) is 3. The molecule has 0 fully saturated rings. The van der Waals surface area contributed by atoms with Crippen LogP contribution in [0.25, 0.3) is 10.9 Å². The highest BCUT2D eigenvalue weighted by molar-refractivity contribution is 7.99. The summed E-state index contributed by atoms with van der Waals surface area (Å²) < 4.78 is 3.75. The lowest BCUT2D eigenvalue weighted by Gasteiger charge is -2.09. The molecule has 4 aromatic rings. The Bertz CT molecular complexity index is 1380. The number of aromatic nitrogens is 3. The van der Waals surface area contributed by atoms with Gasteiger partial charge in [-0.3, -0.25) is 14.3 Å². The molecular formula is C24H23N5O2S. The first kappa shape index (κ1) is 20.4. The van der Waals surface area contributed by atoms with Crippen molar-refractivity contribution >= 4 is 40.2 Å². The van der Waals surface area contributed by atoms with E-state index in [-0.39, 0.29) is 11.8 Å². The third-order valence-corrected chi connectivity index (χ3v) is 7.06. The van der Waals surface area contributed by atoms with Crippen LogP contribution in [0, 0.1) is 6.92 Å². The number of para-hydroxylation sites is 1. The molecule has 0 unspecified atom stereocenters. The molecule has 2 N–H and O–H groups in total. The van der Waals surface area contributed by atoms with Gasteiger partial charge in [0.1, 0.15) is 5.69 Å². The standard InChI is InChI=1S/C24H23N5O2S/c1-14-21(32-18-7-8-19-17(9-18)10-22(30)27-19)11-20(28(14)2)24(31)25-12-15-5-4-6-16-13-26-29(3)23(15)16/h4-9,11,13H,10,12H2,1-3H3,(H,25,31)(H,27,30). The number of nitrogens with one attached hydrogen (secondary N) is 2. The van der Waals surface area contributed by atoms with E-state index in [9.17, 15) is 9.59 Å². The van der Waals surface area contributed by atoms with Gasteiger partial charge in [0.15, 0.2) is 0 Å². The molecule has 3 heterocycles. The van der Waals surface area contributed by atoms with Crippen molar-refractivity contribution in [3.05, 3.63) is 71.2 Å². The molecule has 1 aliphatic heterocycles. The second-order valence-electron chi connectivity index (χ2n) is 7.99. The highest BCUT2D eigenvalue weighted by Crippen LogP contribution is 2.35. The molecule has 32 heavy (non-hydrogen) atoms. The van der Waals surface area contributed by atoms with Gasteiger partial charge in [-0.2, -0.15) is 5.10 Å². The van der Waals surface area contributed by atoms with Gasteiger partial charge < -0.3 is 15.2 Å². The van der Waals surface area contributed by atoms with E-state index in [2.05, 4.69) is 15.7 Å². The summed E-state index contributed by atoms with van der Waals surface area (Å²) in [5, 5.41) is 11.3. The number of aryl methyl sites for hydroxylation is 1. The van der Waals surface area contributed by atoms with Gasteiger partial charge in [-0.05, 0) is 42.3 Å². The molecule has 0 radical (unpaired) electrons. The predicted molar refractivity (Wildman–Crippen MR) is 125 cm³/mol. The van der Waals surface area contributed by atoms with Crippen molar-refractivity contribution in [1.29, 1.82) is 0 Å². The molecule has 0 spiro atoms. The quantitative estimate of drug-likeness (QED) is 0.490. The number of carbonyl (C=O) groups excluding carboxylic acids is 2. The maximum Gasteiger partial charge on any atom is 0.268 e. The van der Waals surface area contributed by atoms with E-state index in [1.165, 1.54) is 0 Å². The molecule has 0 aliphatic carbocycles. The van der Waals surface area contributed by atoms with Crippen molar-refractivity contribution in [1.82, 2.24) is 19.7 Å². The maximum atomic E-state index is 13.0. The highest BCUT2D eigenvalue weighted by Gasteiger charge is 2.20. The van der Waals surface area contributed by atoms with Crippen LogP contribution in [0.15, 0.2) is 58.5 Å². The fourth-order valence-electron chi connectivity index (χ4n) is 4.11. The van der Waals surface area contributed by atoms with Crippen molar-refractivity contribution in [2.75, 3.05) is 5.32 Å². The number of hydrogen-bond acceptors (Lipinski definition) is 4. The Morgan fingerprint density at radius 3 is 2.91 bits per heavy atom. The van der Waals surface area contributed by atoms with Crippen LogP contribution in [0.1, 0.15) is 27.3 Å². The Balaban J connectivity index is 1.34. The summed E-state index contributed by atoms with van der Waals surface area (Å²) in [5.74, 6) is -0.0933. The molecule has 2 amide bonds. The number of fused-ring (bicyclic) bond motifs is 2. The monoisotopic (exact) mass is 445 g/mol. The van der Waals surface area contributed by atoms with Gasteiger partial charge >= 0.3 is 0 Å². The molecule has 5 rings (SSSR count). The van der Waals surface area contributed by atoms with Gasteiger partial charge in [-0.1, -0.05) is 30.0 Å². The smallest absolute Gasteiger partial charge is 0.268 e. The normalized spacial score (nSPS) is 12.8. The zero-order valence-electron chi connectivity index (χ0n) is 18.1. The lowest BCUT2D eigenvalue weighted by molar-refractivity contribution is -0.115. The Morgan fingerprint density at radius 1 is 1.22 bits per heavy atom. The molecule has 7 nitrogen and oxygen atoms in total. The van der Waals surface area contributed by atoms with Gasteiger partial charge in [0.25, 0.3) is 5.91 Å². The topological polar surface area (TPSA) is 81.0 Å². The predicted octanol–water partition coefficient (Wildman–Crippen LogP) is 3.80. The van der Waals surface area contributed by atoms with Crippen molar-refractivity contribution in [2.24, 2.45) is 14.1 Å². The van der Waals surface area contributed by atoms with Crippen LogP contribution in [-0.2, 0) is 31.9 Å². The zero-order chi connectivity index (χ0) is 22.4. The van der Waals surface area contributed by atoms with Gasteiger partial charge in [-0.15, -0.1) is 0 Å². The number of carbonyl (C=O) groups is 2. The summed E-state index contributed by atoms with van der Waals surface area (Å²) in [6.45, 7) is 2.43. The molecule has 0 atom stereocenters. The summed E-state index contributed by atoms with van der Waals surface area (Å²) in [6.07, 6.45) is 2.24. The zero-order valence-corrected chi connectivity index (χ0v) is 18.9. The summed E-state index contributed by atoms with van der Waals surface area (Å²) in [4.78, 5) is 26.7. The highest BCUT2D eigenvalue weighted by atomic mass is 32.2. The van der Waals surface area contributed by atoms with Crippen molar-refractivity contribution < 1.29 is 9.59 Å². The van der Waals surface area contributed by atoms with E-state index in [1.807, 2.05) is 78.9 Å². The molecule has 8 heteroatoms. The fraction of sp³-hybridized carbons (Fsp3) is 0.208. The average Bonchev–Trinajstić information content (AvgIpc) is 3.43. The van der Waals surface area contributed by atoms with Crippen LogP contribution in [0.4, 0.5) is 5.69 Å². The van der Waals surface area contributed by atoms with Crippen molar-refractivity contribution in [3.8, 4) is 0 Å². The Hall–Kier alpha value is -3.52. The molecule has 2 aromatic heterocycles. The minimum absolute atomic E-state index is 0.0267. The van der Waals surface area contributed by atoms with Crippen LogP contribution in [0.2, 0.25) is 0 Å². The van der Waals surface area contributed by atoms with E-state index in [0.29, 0.717) is 18.7 Å². The number of rotatable bonds is 5. The first-order chi connectivity index (χ1) is 15.4. The van der Waals surface area contributed by atoms with Crippen molar-refractivity contribution in [2.45, 2.75) is 29.7 Å². The van der Waals surface area contributed by atoms with Gasteiger partial charge in [0.2, 0.25) is 5.91 Å². The molecular weight excluding hydrogens is 422 g/mol. The van der Waals surface area contributed by atoms with E-state index in [0.717, 1.165) is 43.2 Å². The Morgan fingerprint density at radius 2 is 2.06 bits per heavy atom. The van der Waals surface area contributed by atoms with Gasteiger partial charge in [0, 0.05) is 47.2 Å². The van der Waals surface area contributed by atoms with Crippen LogP contribution >= 0.6 is 11.8 Å². The SMILES string of the molecule is Cc1c(Sc2ccc3c(c2)CC(=O)N3)cc(C(=O)NCc2cccc3cnn(C)c23)n1C. The van der Waals surface area contributed by atoms with E-state index in [1.54, 1.807) is 11.8 Å². The average molecular weight is 446 g/mol. The molecule has 0 saturated carbocycles. The third kappa shape index (κ3) is 3.56. The maximum absolute atomic E-state index is 13.0. The summed E-state index contributed by atoms with van der Waals surface area (Å²) in [7, 11) is 3.81. The van der Waals surface area contributed by atoms with E-state index in [4.69, 9.17) is 0 Å². The lowest BCUT2D eigenvalue weighted by Crippen LogP contribution is -2.25. The number of anilines is 1. The Labute approximate surface area is 189 Å². The Kier molecular flexibility index (Phi) is 5.01. The van der Waals surface area contributed by atoms with Gasteiger partial charge in [0.05, 0.1) is 18.1 Å². The number of benzene rings is 2. The van der Waals surface area contributed by atoms with Crippen LogP contribution < -0.4 is 10.6 Å². The summed E-state index contributed by atoms with van der Waals surface area (Å²) in [5.41, 5.74) is 5.57. The molecule has 0 bridgehead atoms. The fourth-order valence-corrected chi connectivity index (χ4v) is 5.16. The summed E-state index contributed by atoms with van der Waals surface area (Å²) >= 11 is 1.60. The summed E-state index contributed by atoms with van der Waals surface area (Å²) in [6, 6.07) is 13.9. The minimum Gasteiger partial charge on any atom is -0.347 e. The van der Waals surface area contributed by atoms with Crippen LogP contribution in [0.3, 0.4) is 0 Å². The van der Waals surface area contributed by atoms with E-state index < -0.39 is 0 Å². The van der Waals surface area contributed by atoms with Crippen LogP contribution in [0.5, 0.6) is 0 Å². The lowest BCUT2D eigenvalue weighted by atomic mass is 10.1. The van der Waals surface area contributed by atoms with Crippen molar-refractivity contribution in [3.63, 3.8) is 0 Å². The molecule has 1 aliphatic rings. The largest absolute Gasteiger partial charge is 0.347 e. The second-order valence-corrected chi connectivity index (χ2v) is 9.11. The molecule has 162 valence electrons. The first-order valence-electron chi connectivity index (χ1n) is 10.4. The van der Waals surface area contributed by atoms with E-state index >= 15 is 0 Å². The van der Waals surface area contributed by atoms with Gasteiger partial charge in [-0.25, -0.2) is 0 Å². The number of amides is 2. The number of hydrogen-bond donors (Lipinski definition) is 2. The first-order valence-corrected chi connectivity index (χ1v) is 11.2. The third-order valence-electron chi connectivity index (χ3n) is 5.93.